The van der Waals surface area contributed by atoms with Crippen LogP contribution in [0.1, 0.15) is 11.5 Å². The molecule has 2 nitrogen and oxygen atoms in total. The molecule has 0 aromatic heterocycles. The molecule has 2 aliphatic rings. The molecule has 0 amide bonds. The van der Waals surface area contributed by atoms with Gasteiger partial charge < -0.3 is 9.80 Å². The van der Waals surface area contributed by atoms with Crippen LogP contribution in [-0.4, -0.2) is 6.04 Å². The van der Waals surface area contributed by atoms with Crippen molar-refractivity contribution < 1.29 is 0 Å². The van der Waals surface area contributed by atoms with Gasteiger partial charge in [-0.05, 0) is 138 Å². The van der Waals surface area contributed by atoms with Crippen LogP contribution in [0.2, 0.25) is 0 Å². The summed E-state index contributed by atoms with van der Waals surface area (Å²) in [4.78, 5) is 4.89. The molecule has 1 aliphatic heterocycles. The van der Waals surface area contributed by atoms with Crippen molar-refractivity contribution in [3.63, 3.8) is 0 Å². The van der Waals surface area contributed by atoms with Gasteiger partial charge in [-0.15, -0.1) is 0 Å². The van der Waals surface area contributed by atoms with E-state index in [0.29, 0.717) is 5.92 Å². The van der Waals surface area contributed by atoms with E-state index in [4.69, 9.17) is 0 Å². The number of nitrogens with zero attached hydrogens (tertiary/aromatic N) is 2. The molecular formula is C58H40N2. The van der Waals surface area contributed by atoms with Crippen LogP contribution in [0.4, 0.5) is 28.4 Å². The number of allylic oxidation sites excluding steroid dienone is 2. The second kappa shape index (κ2) is 14.0. The van der Waals surface area contributed by atoms with Gasteiger partial charge in [-0.3, -0.25) is 0 Å². The predicted molar refractivity (Wildman–Crippen MR) is 255 cm³/mol. The normalized spacial score (nSPS) is 15.5. The molecule has 0 fully saturated rings. The summed E-state index contributed by atoms with van der Waals surface area (Å²) in [6, 6.07) is 76.2. The summed E-state index contributed by atoms with van der Waals surface area (Å²) in [5.74, 6) is 0.346. The van der Waals surface area contributed by atoms with Gasteiger partial charge in [0, 0.05) is 34.4 Å². The van der Waals surface area contributed by atoms with E-state index in [9.17, 15) is 0 Å². The van der Waals surface area contributed by atoms with Gasteiger partial charge in [0.25, 0.3) is 0 Å². The Morgan fingerprint density at radius 1 is 0.367 bits per heavy atom. The van der Waals surface area contributed by atoms with Crippen LogP contribution < -0.4 is 9.80 Å². The van der Waals surface area contributed by atoms with E-state index in [1.807, 2.05) is 0 Å². The van der Waals surface area contributed by atoms with Crippen LogP contribution in [0.15, 0.2) is 231 Å². The molecule has 0 bridgehead atoms. The maximum Gasteiger partial charge on any atom is 0.0629 e. The monoisotopic (exact) mass is 764 g/mol. The molecule has 282 valence electrons. The minimum Gasteiger partial charge on any atom is -0.333 e. The molecule has 10 aromatic carbocycles. The third kappa shape index (κ3) is 5.56. The minimum absolute atomic E-state index is 0.256. The molecule has 0 radical (unpaired) electrons. The Bertz CT molecular complexity index is 3160. The molecule has 0 saturated heterocycles. The second-order valence-electron chi connectivity index (χ2n) is 16.0. The molecule has 2 unspecified atom stereocenters. The van der Waals surface area contributed by atoms with Crippen LogP contribution >= 0.6 is 0 Å². The molecule has 0 N–H and O–H groups in total. The molecule has 2 atom stereocenters. The minimum atomic E-state index is 0.256. The summed E-state index contributed by atoms with van der Waals surface area (Å²) < 4.78 is 0. The maximum absolute atomic E-state index is 2.50. The van der Waals surface area contributed by atoms with Gasteiger partial charge in [-0.2, -0.15) is 0 Å². The molecular weight excluding hydrogens is 725 g/mol. The lowest BCUT2D eigenvalue weighted by Crippen LogP contribution is -2.28. The van der Waals surface area contributed by atoms with Crippen molar-refractivity contribution in [2.45, 2.75) is 12.0 Å². The average Bonchev–Trinajstić information content (AvgIpc) is 3.66. The zero-order valence-electron chi connectivity index (χ0n) is 33.0. The van der Waals surface area contributed by atoms with E-state index in [0.717, 1.165) is 17.1 Å². The largest absolute Gasteiger partial charge is 0.333 e. The number of anilines is 5. The lowest BCUT2D eigenvalue weighted by molar-refractivity contribution is 0.745. The zero-order chi connectivity index (χ0) is 39.6. The molecule has 0 spiro atoms. The van der Waals surface area contributed by atoms with Crippen LogP contribution in [0.5, 0.6) is 0 Å². The molecule has 12 rings (SSSR count). The van der Waals surface area contributed by atoms with Gasteiger partial charge in [-0.1, -0.05) is 164 Å². The summed E-state index contributed by atoms with van der Waals surface area (Å²) in [6.45, 7) is 0. The van der Waals surface area contributed by atoms with Gasteiger partial charge in [0.2, 0.25) is 0 Å². The van der Waals surface area contributed by atoms with Crippen LogP contribution in [0.25, 0.3) is 65.3 Å². The molecule has 2 heteroatoms. The van der Waals surface area contributed by atoms with Gasteiger partial charge in [-0.25, -0.2) is 0 Å². The molecule has 1 aliphatic carbocycles. The van der Waals surface area contributed by atoms with Crippen molar-refractivity contribution in [3.05, 3.63) is 236 Å². The highest BCUT2D eigenvalue weighted by molar-refractivity contribution is 6.15. The Morgan fingerprint density at radius 2 is 0.800 bits per heavy atom. The highest BCUT2D eigenvalue weighted by Gasteiger charge is 2.37. The summed E-state index contributed by atoms with van der Waals surface area (Å²) >= 11 is 0. The van der Waals surface area contributed by atoms with E-state index in [-0.39, 0.29) is 6.04 Å². The first-order chi connectivity index (χ1) is 29.8. The fraction of sp³-hybridized carbons (Fsp3) is 0.0345. The fourth-order valence-corrected chi connectivity index (χ4v) is 9.97. The summed E-state index contributed by atoms with van der Waals surface area (Å²) in [6.07, 6.45) is 9.05. The first-order valence-corrected chi connectivity index (χ1v) is 20.9. The van der Waals surface area contributed by atoms with Crippen LogP contribution in [0, 0.1) is 0 Å². The van der Waals surface area contributed by atoms with Crippen LogP contribution in [-0.2, 0) is 0 Å². The summed E-state index contributed by atoms with van der Waals surface area (Å²) in [5.41, 5.74) is 12.1. The lowest BCUT2D eigenvalue weighted by Gasteiger charge is -2.30. The number of para-hydroxylation sites is 1. The Hall–Kier alpha value is -7.68. The number of benzene rings is 10. The summed E-state index contributed by atoms with van der Waals surface area (Å²) in [7, 11) is 0. The van der Waals surface area contributed by atoms with E-state index >= 15 is 0 Å². The van der Waals surface area contributed by atoms with Crippen molar-refractivity contribution in [1.82, 2.24) is 0 Å². The zero-order valence-corrected chi connectivity index (χ0v) is 33.0. The lowest BCUT2D eigenvalue weighted by atomic mass is 9.91. The van der Waals surface area contributed by atoms with Gasteiger partial charge >= 0.3 is 0 Å². The average molecular weight is 765 g/mol. The Kier molecular flexibility index (Phi) is 8.02. The van der Waals surface area contributed by atoms with E-state index < -0.39 is 0 Å². The van der Waals surface area contributed by atoms with Gasteiger partial charge in [0.1, 0.15) is 0 Å². The standard InChI is InChI=1S/C58H40N2/c1-3-15-47-41(13-1)37-55(51-19-7-5-17-49(47)51)39-25-29-43(30-26-39)59(45-33-35-46(36-34-45)60-57-23-11-9-21-53(57)54-22-10-12-24-58(54)60)44-31-27-40(28-32-44)56-38-42-14-2-4-16-48(42)50-18-6-8-20-52(50)56/h1-38,53,57H. The first-order valence-electron chi connectivity index (χ1n) is 20.9. The van der Waals surface area contributed by atoms with Crippen molar-refractivity contribution in [2.75, 3.05) is 9.80 Å². The van der Waals surface area contributed by atoms with E-state index in [2.05, 4.69) is 240 Å². The summed E-state index contributed by atoms with van der Waals surface area (Å²) in [5, 5.41) is 10.2. The van der Waals surface area contributed by atoms with Crippen LogP contribution in [0.3, 0.4) is 0 Å². The quantitative estimate of drug-likeness (QED) is 0.156. The van der Waals surface area contributed by atoms with Gasteiger partial charge in [0.05, 0.1) is 6.04 Å². The smallest absolute Gasteiger partial charge is 0.0629 e. The molecule has 60 heavy (non-hydrogen) atoms. The third-order valence-corrected chi connectivity index (χ3v) is 12.8. The number of hydrogen-bond donors (Lipinski definition) is 0. The maximum atomic E-state index is 2.50. The van der Waals surface area contributed by atoms with E-state index in [1.165, 1.54) is 82.3 Å². The number of rotatable bonds is 6. The van der Waals surface area contributed by atoms with E-state index in [1.54, 1.807) is 0 Å². The van der Waals surface area contributed by atoms with Crippen molar-refractivity contribution in [3.8, 4) is 22.3 Å². The van der Waals surface area contributed by atoms with Crippen molar-refractivity contribution >= 4 is 71.5 Å². The highest BCUT2D eigenvalue weighted by atomic mass is 15.2. The third-order valence-electron chi connectivity index (χ3n) is 12.8. The predicted octanol–water partition coefficient (Wildman–Crippen LogP) is 15.8. The highest BCUT2D eigenvalue weighted by Crippen LogP contribution is 2.48. The number of hydrogen-bond acceptors (Lipinski definition) is 2. The first kappa shape index (κ1) is 34.4. The Balaban J connectivity index is 0.964. The SMILES string of the molecule is C1=CC2c3ccccc3N(c3ccc(N(c4ccc(-c5cc6ccccc6c6ccccc56)cc4)c4ccc(-c5cc6ccccc6c6ccccc56)cc4)cc3)C2C=C1. The van der Waals surface area contributed by atoms with Crippen molar-refractivity contribution in [1.29, 1.82) is 0 Å². The topological polar surface area (TPSA) is 6.48 Å². The Morgan fingerprint density at radius 3 is 1.35 bits per heavy atom. The second-order valence-corrected chi connectivity index (χ2v) is 16.0. The number of fused-ring (bicyclic) bond motifs is 9. The fourth-order valence-electron chi connectivity index (χ4n) is 9.97. The molecule has 1 heterocycles. The Labute approximate surface area is 350 Å². The molecule has 10 aromatic rings. The van der Waals surface area contributed by atoms with Gasteiger partial charge in [0.15, 0.2) is 0 Å². The van der Waals surface area contributed by atoms with Crippen molar-refractivity contribution in [2.24, 2.45) is 0 Å². The molecule has 0 saturated carbocycles.